The molecule has 0 aromatic carbocycles. The summed E-state index contributed by atoms with van der Waals surface area (Å²) in [4.78, 5) is 0. The first-order chi connectivity index (χ1) is 5.93. The second-order valence-corrected chi connectivity index (χ2v) is 2.54. The van der Waals surface area contributed by atoms with E-state index in [0.29, 0.717) is 6.61 Å². The van der Waals surface area contributed by atoms with E-state index in [1.807, 2.05) is 6.07 Å². The minimum Gasteiger partial charge on any atom is -0.472 e. The van der Waals surface area contributed by atoms with Gasteiger partial charge in [-0.1, -0.05) is 6.92 Å². The Hall–Kier alpha value is -0.800. The summed E-state index contributed by atoms with van der Waals surface area (Å²) >= 11 is 0. The maximum absolute atomic E-state index is 5.36. The van der Waals surface area contributed by atoms with Crippen LogP contribution in [0.5, 0.6) is 0 Å². The van der Waals surface area contributed by atoms with Crippen LogP contribution in [-0.2, 0) is 11.3 Å². The highest BCUT2D eigenvalue weighted by Gasteiger charge is 1.92. The van der Waals surface area contributed by atoms with Crippen LogP contribution in [0.3, 0.4) is 0 Å². The van der Waals surface area contributed by atoms with Crippen LogP contribution >= 0.6 is 0 Å². The number of nitrogens with one attached hydrogen (secondary N) is 1. The molecule has 1 heterocycles. The van der Waals surface area contributed by atoms with E-state index in [1.165, 1.54) is 0 Å². The molecule has 0 aliphatic rings. The zero-order valence-corrected chi connectivity index (χ0v) is 7.38. The Morgan fingerprint density at radius 3 is 3.17 bits per heavy atom. The smallest absolute Gasteiger partial charge is 0.0957 e. The maximum Gasteiger partial charge on any atom is 0.0957 e. The standard InChI is InChI=1S/C9H15NO2/c1-2-10-4-6-12-8-9-3-5-11-7-9/h3,5,7,10H,2,4,6,8H2,1H3. The summed E-state index contributed by atoms with van der Waals surface area (Å²) in [6.45, 7) is 5.38. The molecule has 0 bridgehead atoms. The van der Waals surface area contributed by atoms with Gasteiger partial charge in [0.15, 0.2) is 0 Å². The summed E-state index contributed by atoms with van der Waals surface area (Å²) < 4.78 is 10.3. The molecule has 3 heteroatoms. The molecule has 12 heavy (non-hydrogen) atoms. The first-order valence-electron chi connectivity index (χ1n) is 4.23. The monoisotopic (exact) mass is 169 g/mol. The lowest BCUT2D eigenvalue weighted by Gasteiger charge is -2.01. The maximum atomic E-state index is 5.36. The lowest BCUT2D eigenvalue weighted by atomic mass is 10.4. The first kappa shape index (κ1) is 9.29. The molecule has 0 amide bonds. The molecule has 1 rings (SSSR count). The van der Waals surface area contributed by atoms with Crippen LogP contribution in [0.15, 0.2) is 23.0 Å². The van der Waals surface area contributed by atoms with Crippen molar-refractivity contribution in [2.24, 2.45) is 0 Å². The van der Waals surface area contributed by atoms with Crippen LogP contribution < -0.4 is 5.32 Å². The van der Waals surface area contributed by atoms with Crippen LogP contribution in [0, 0.1) is 0 Å². The Labute approximate surface area is 72.7 Å². The van der Waals surface area contributed by atoms with E-state index in [0.717, 1.165) is 25.3 Å². The van der Waals surface area contributed by atoms with Crippen molar-refractivity contribution >= 4 is 0 Å². The van der Waals surface area contributed by atoms with Crippen molar-refractivity contribution in [1.82, 2.24) is 5.32 Å². The summed E-state index contributed by atoms with van der Waals surface area (Å²) in [5.74, 6) is 0. The Morgan fingerprint density at radius 1 is 1.58 bits per heavy atom. The molecule has 0 unspecified atom stereocenters. The van der Waals surface area contributed by atoms with Gasteiger partial charge in [-0.2, -0.15) is 0 Å². The van der Waals surface area contributed by atoms with E-state index in [1.54, 1.807) is 12.5 Å². The molecule has 68 valence electrons. The third kappa shape index (κ3) is 3.55. The van der Waals surface area contributed by atoms with Crippen molar-refractivity contribution in [3.63, 3.8) is 0 Å². The van der Waals surface area contributed by atoms with Crippen molar-refractivity contribution in [3.8, 4) is 0 Å². The molecule has 0 saturated heterocycles. The molecule has 0 saturated carbocycles. The van der Waals surface area contributed by atoms with Crippen molar-refractivity contribution in [2.75, 3.05) is 19.7 Å². The molecule has 3 nitrogen and oxygen atoms in total. The third-order valence-corrected chi connectivity index (χ3v) is 1.52. The fourth-order valence-electron chi connectivity index (χ4n) is 0.886. The van der Waals surface area contributed by atoms with Crippen LogP contribution in [0.25, 0.3) is 0 Å². The first-order valence-corrected chi connectivity index (χ1v) is 4.23. The van der Waals surface area contributed by atoms with Gasteiger partial charge in [-0.15, -0.1) is 0 Å². The Kier molecular flexibility index (Phi) is 4.49. The Bertz CT molecular complexity index is 184. The Morgan fingerprint density at radius 2 is 2.50 bits per heavy atom. The van der Waals surface area contributed by atoms with Crippen molar-refractivity contribution in [2.45, 2.75) is 13.5 Å². The van der Waals surface area contributed by atoms with E-state index in [9.17, 15) is 0 Å². The number of hydrogen-bond donors (Lipinski definition) is 1. The van der Waals surface area contributed by atoms with E-state index in [-0.39, 0.29) is 0 Å². The van der Waals surface area contributed by atoms with Crippen LogP contribution in [0.2, 0.25) is 0 Å². The largest absolute Gasteiger partial charge is 0.472 e. The minimum atomic E-state index is 0.641. The molecule has 1 N–H and O–H groups in total. The number of furan rings is 1. The lowest BCUT2D eigenvalue weighted by molar-refractivity contribution is 0.122. The molecule has 0 aliphatic carbocycles. The summed E-state index contributed by atoms with van der Waals surface area (Å²) in [5.41, 5.74) is 1.09. The van der Waals surface area contributed by atoms with Gasteiger partial charge < -0.3 is 14.5 Å². The quantitative estimate of drug-likeness (QED) is 0.654. The molecular weight excluding hydrogens is 154 g/mol. The molecule has 0 radical (unpaired) electrons. The average molecular weight is 169 g/mol. The van der Waals surface area contributed by atoms with E-state index in [2.05, 4.69) is 12.2 Å². The normalized spacial score (nSPS) is 10.4. The van der Waals surface area contributed by atoms with Gasteiger partial charge in [0.2, 0.25) is 0 Å². The van der Waals surface area contributed by atoms with Crippen molar-refractivity contribution in [1.29, 1.82) is 0 Å². The van der Waals surface area contributed by atoms with Gasteiger partial charge in [-0.3, -0.25) is 0 Å². The van der Waals surface area contributed by atoms with Gasteiger partial charge in [0.1, 0.15) is 0 Å². The molecule has 0 fully saturated rings. The summed E-state index contributed by atoms with van der Waals surface area (Å²) in [7, 11) is 0. The highest BCUT2D eigenvalue weighted by molar-refractivity contribution is 5.02. The molecule has 1 aromatic heterocycles. The number of rotatable bonds is 6. The molecule has 0 spiro atoms. The van der Waals surface area contributed by atoms with Crippen LogP contribution in [0.1, 0.15) is 12.5 Å². The van der Waals surface area contributed by atoms with Crippen LogP contribution in [-0.4, -0.2) is 19.7 Å². The molecule has 1 aromatic rings. The van der Waals surface area contributed by atoms with Gasteiger partial charge in [-0.05, 0) is 12.6 Å². The molecule has 0 atom stereocenters. The van der Waals surface area contributed by atoms with E-state index in [4.69, 9.17) is 9.15 Å². The highest BCUT2D eigenvalue weighted by Crippen LogP contribution is 2.00. The predicted molar refractivity (Wildman–Crippen MR) is 46.9 cm³/mol. The summed E-state index contributed by atoms with van der Waals surface area (Å²) in [6.07, 6.45) is 3.36. The SMILES string of the molecule is CCNCCOCc1ccoc1. The van der Waals surface area contributed by atoms with Crippen molar-refractivity contribution in [3.05, 3.63) is 24.2 Å². The minimum absolute atomic E-state index is 0.641. The number of ether oxygens (including phenoxy) is 1. The third-order valence-electron chi connectivity index (χ3n) is 1.52. The van der Waals surface area contributed by atoms with Gasteiger partial charge in [-0.25, -0.2) is 0 Å². The van der Waals surface area contributed by atoms with Gasteiger partial charge in [0, 0.05) is 12.1 Å². The second-order valence-electron chi connectivity index (χ2n) is 2.54. The Balaban J connectivity index is 1.96. The van der Waals surface area contributed by atoms with Crippen LogP contribution in [0.4, 0.5) is 0 Å². The fourth-order valence-corrected chi connectivity index (χ4v) is 0.886. The number of likely N-dealkylation sites (N-methyl/N-ethyl adjacent to an activating group) is 1. The van der Waals surface area contributed by atoms with Gasteiger partial charge in [0.25, 0.3) is 0 Å². The topological polar surface area (TPSA) is 34.4 Å². The zero-order chi connectivity index (χ0) is 8.65. The average Bonchev–Trinajstić information content (AvgIpc) is 2.57. The van der Waals surface area contributed by atoms with Crippen molar-refractivity contribution < 1.29 is 9.15 Å². The lowest BCUT2D eigenvalue weighted by Crippen LogP contribution is -2.18. The summed E-state index contributed by atoms with van der Waals surface area (Å²) in [5, 5.41) is 3.18. The van der Waals surface area contributed by atoms with E-state index < -0.39 is 0 Å². The highest BCUT2D eigenvalue weighted by atomic mass is 16.5. The zero-order valence-electron chi connectivity index (χ0n) is 7.38. The fraction of sp³-hybridized carbons (Fsp3) is 0.556. The van der Waals surface area contributed by atoms with E-state index >= 15 is 0 Å². The molecule has 0 aliphatic heterocycles. The van der Waals surface area contributed by atoms with Gasteiger partial charge >= 0.3 is 0 Å². The summed E-state index contributed by atoms with van der Waals surface area (Å²) in [6, 6.07) is 1.91. The predicted octanol–water partition coefficient (Wildman–Crippen LogP) is 1.41. The number of hydrogen-bond acceptors (Lipinski definition) is 3. The van der Waals surface area contributed by atoms with Gasteiger partial charge in [0.05, 0.1) is 25.7 Å². The molecular formula is C9H15NO2. The second kappa shape index (κ2) is 5.80.